The Morgan fingerprint density at radius 1 is 1.09 bits per heavy atom. The summed E-state index contributed by atoms with van der Waals surface area (Å²) in [4.78, 5) is 24.9. The summed E-state index contributed by atoms with van der Waals surface area (Å²) in [5.41, 5.74) is 1.73. The van der Waals surface area contributed by atoms with Gasteiger partial charge in [-0.2, -0.15) is 0 Å². The molecule has 9 nitrogen and oxygen atoms in total. The summed E-state index contributed by atoms with van der Waals surface area (Å²) in [6.07, 6.45) is 3.62. The molecule has 1 fully saturated rings. The number of carbonyl (C=O) groups is 2. The molecule has 1 amide bonds. The molecule has 1 aromatic heterocycles. The number of hydrogen-bond donors (Lipinski definition) is 2. The maximum absolute atomic E-state index is 11.8. The number of rotatable bonds is 10. The summed E-state index contributed by atoms with van der Waals surface area (Å²) < 4.78 is 19.0. The number of nitrogens with one attached hydrogen (secondary N) is 1. The van der Waals surface area contributed by atoms with Gasteiger partial charge in [-0.15, -0.1) is 0 Å². The Morgan fingerprint density at radius 2 is 1.85 bits per heavy atom. The number of hydrogen-bond acceptors (Lipinski definition) is 6. The first kappa shape index (κ1) is 23.0. The van der Waals surface area contributed by atoms with Crippen molar-refractivity contribution >= 4 is 17.6 Å². The largest absolute Gasteiger partial charge is 0.493 e. The van der Waals surface area contributed by atoms with Crippen LogP contribution in [0.25, 0.3) is 5.69 Å². The van der Waals surface area contributed by atoms with Crippen molar-refractivity contribution in [2.45, 2.75) is 13.0 Å². The van der Waals surface area contributed by atoms with Gasteiger partial charge in [0.15, 0.2) is 11.5 Å². The fourth-order valence-electron chi connectivity index (χ4n) is 3.84. The summed E-state index contributed by atoms with van der Waals surface area (Å²) in [7, 11) is 1.56. The molecule has 0 bridgehead atoms. The second-order valence-corrected chi connectivity index (χ2v) is 7.86. The molecule has 178 valence electrons. The number of ether oxygens (including phenoxy) is 3. The van der Waals surface area contributed by atoms with Crippen molar-refractivity contribution in [1.29, 1.82) is 0 Å². The number of nitrogens with zero attached hydrogens (tertiary/aromatic N) is 2. The third-order valence-electron chi connectivity index (χ3n) is 5.47. The van der Waals surface area contributed by atoms with Crippen LogP contribution in [0.5, 0.6) is 17.2 Å². The SMILES string of the molecule is COc1cc(OC2CN(c3cccc(C(=O)O)c3-n3cccc3)C2)ccc1OCCNC(C)=O. The number of methoxy groups -OCH3 is 1. The first-order chi connectivity index (χ1) is 16.5. The molecule has 2 aromatic carbocycles. The number of benzene rings is 2. The monoisotopic (exact) mass is 465 g/mol. The van der Waals surface area contributed by atoms with Gasteiger partial charge in [0.1, 0.15) is 18.5 Å². The summed E-state index contributed by atoms with van der Waals surface area (Å²) in [5.74, 6) is 0.688. The van der Waals surface area contributed by atoms with E-state index >= 15 is 0 Å². The molecule has 1 aliphatic rings. The van der Waals surface area contributed by atoms with Gasteiger partial charge in [0.05, 0.1) is 43.7 Å². The van der Waals surface area contributed by atoms with E-state index in [1.165, 1.54) is 6.92 Å². The molecule has 0 aliphatic carbocycles. The summed E-state index contributed by atoms with van der Waals surface area (Å²) in [6.45, 7) is 3.43. The van der Waals surface area contributed by atoms with Crippen molar-refractivity contribution in [1.82, 2.24) is 9.88 Å². The highest BCUT2D eigenvalue weighted by Crippen LogP contribution is 2.35. The highest BCUT2D eigenvalue weighted by atomic mass is 16.5. The molecule has 0 saturated carbocycles. The van der Waals surface area contributed by atoms with Crippen LogP contribution >= 0.6 is 0 Å². The quantitative estimate of drug-likeness (QED) is 0.444. The zero-order valence-electron chi connectivity index (χ0n) is 19.1. The van der Waals surface area contributed by atoms with Gasteiger partial charge >= 0.3 is 5.97 Å². The number of aromatic carboxylic acids is 1. The van der Waals surface area contributed by atoms with E-state index in [1.54, 1.807) is 31.4 Å². The van der Waals surface area contributed by atoms with E-state index in [-0.39, 0.29) is 17.6 Å². The Balaban J connectivity index is 1.41. The molecule has 2 N–H and O–H groups in total. The van der Waals surface area contributed by atoms with Crippen LogP contribution in [-0.4, -0.2) is 61.0 Å². The first-order valence-corrected chi connectivity index (χ1v) is 10.9. The fourth-order valence-corrected chi connectivity index (χ4v) is 3.84. The number of carboxylic acids is 1. The Bertz CT molecular complexity index is 1160. The number of carbonyl (C=O) groups excluding carboxylic acids is 1. The smallest absolute Gasteiger partial charge is 0.337 e. The average Bonchev–Trinajstić information content (AvgIpc) is 3.33. The minimum Gasteiger partial charge on any atom is -0.493 e. The third-order valence-corrected chi connectivity index (χ3v) is 5.47. The molecular formula is C25H27N3O6. The van der Waals surface area contributed by atoms with Gasteiger partial charge in [-0.1, -0.05) is 6.07 Å². The van der Waals surface area contributed by atoms with Crippen molar-refractivity contribution in [3.8, 4) is 22.9 Å². The van der Waals surface area contributed by atoms with Gasteiger partial charge in [-0.3, -0.25) is 4.79 Å². The van der Waals surface area contributed by atoms with Crippen molar-refractivity contribution < 1.29 is 28.9 Å². The molecule has 34 heavy (non-hydrogen) atoms. The predicted molar refractivity (Wildman–Crippen MR) is 127 cm³/mol. The second kappa shape index (κ2) is 10.2. The van der Waals surface area contributed by atoms with E-state index in [4.69, 9.17) is 14.2 Å². The molecular weight excluding hydrogens is 438 g/mol. The molecule has 0 unspecified atom stereocenters. The second-order valence-electron chi connectivity index (χ2n) is 7.86. The van der Waals surface area contributed by atoms with Gasteiger partial charge in [-0.05, 0) is 36.4 Å². The maximum Gasteiger partial charge on any atom is 0.337 e. The number of anilines is 1. The Hall–Kier alpha value is -4.14. The predicted octanol–water partition coefficient (Wildman–Crippen LogP) is 2.97. The fraction of sp³-hybridized carbons (Fsp3) is 0.280. The van der Waals surface area contributed by atoms with E-state index in [2.05, 4.69) is 10.2 Å². The molecule has 0 atom stereocenters. The Labute approximate surface area is 197 Å². The highest BCUT2D eigenvalue weighted by Gasteiger charge is 2.32. The lowest BCUT2D eigenvalue weighted by molar-refractivity contribution is -0.119. The number of amides is 1. The van der Waals surface area contributed by atoms with Crippen LogP contribution in [0.15, 0.2) is 60.9 Å². The zero-order valence-corrected chi connectivity index (χ0v) is 19.1. The van der Waals surface area contributed by atoms with Crippen LogP contribution in [0.3, 0.4) is 0 Å². The van der Waals surface area contributed by atoms with Crippen LogP contribution in [-0.2, 0) is 4.79 Å². The zero-order chi connectivity index (χ0) is 24.1. The van der Waals surface area contributed by atoms with Gasteiger partial charge < -0.3 is 34.1 Å². The van der Waals surface area contributed by atoms with Crippen molar-refractivity contribution in [2.75, 3.05) is 38.3 Å². The lowest BCUT2D eigenvalue weighted by Gasteiger charge is -2.41. The van der Waals surface area contributed by atoms with Gasteiger partial charge in [-0.25, -0.2) is 4.79 Å². The first-order valence-electron chi connectivity index (χ1n) is 10.9. The molecule has 0 spiro atoms. The number of para-hydroxylation sites is 1. The molecule has 9 heteroatoms. The normalized spacial score (nSPS) is 13.2. The highest BCUT2D eigenvalue weighted by molar-refractivity contribution is 5.95. The van der Waals surface area contributed by atoms with Gasteiger partial charge in [0.25, 0.3) is 0 Å². The van der Waals surface area contributed by atoms with Crippen molar-refractivity contribution in [2.24, 2.45) is 0 Å². The third kappa shape index (κ3) is 5.09. The van der Waals surface area contributed by atoms with Crippen molar-refractivity contribution in [3.63, 3.8) is 0 Å². The Kier molecular flexibility index (Phi) is 6.91. The topological polar surface area (TPSA) is 102 Å². The van der Waals surface area contributed by atoms with Crippen LogP contribution in [0.4, 0.5) is 5.69 Å². The van der Waals surface area contributed by atoms with Crippen LogP contribution < -0.4 is 24.4 Å². The average molecular weight is 466 g/mol. The molecule has 3 aromatic rings. The summed E-state index contributed by atoms with van der Waals surface area (Å²) in [5, 5.41) is 12.4. The summed E-state index contributed by atoms with van der Waals surface area (Å²) >= 11 is 0. The van der Waals surface area contributed by atoms with E-state index < -0.39 is 5.97 Å². The van der Waals surface area contributed by atoms with Crippen LogP contribution in [0.2, 0.25) is 0 Å². The van der Waals surface area contributed by atoms with Crippen molar-refractivity contribution in [3.05, 3.63) is 66.5 Å². The summed E-state index contributed by atoms with van der Waals surface area (Å²) in [6, 6.07) is 14.4. The number of carboxylic acid groups (broad SMARTS) is 1. The molecule has 4 rings (SSSR count). The molecule has 1 aliphatic heterocycles. The van der Waals surface area contributed by atoms with Gasteiger partial charge in [0, 0.05) is 25.4 Å². The molecule has 1 saturated heterocycles. The standard InChI is InChI=1S/C25H27N3O6/c1-17(29)26-10-13-33-22-9-8-18(14-23(22)32-2)34-19-15-28(16-19)21-7-5-6-20(25(30)31)24(21)27-11-3-4-12-27/h3-9,11-12,14,19H,10,13,15-16H2,1-2H3,(H,26,29)(H,30,31). The molecule has 2 heterocycles. The lowest BCUT2D eigenvalue weighted by atomic mass is 10.1. The van der Waals surface area contributed by atoms with E-state index in [0.29, 0.717) is 49.2 Å². The van der Waals surface area contributed by atoms with Gasteiger partial charge in [0.2, 0.25) is 5.91 Å². The van der Waals surface area contributed by atoms with E-state index in [0.717, 1.165) is 5.69 Å². The maximum atomic E-state index is 11.8. The molecule has 0 radical (unpaired) electrons. The van der Waals surface area contributed by atoms with Crippen LogP contribution in [0, 0.1) is 0 Å². The van der Waals surface area contributed by atoms with Crippen LogP contribution in [0.1, 0.15) is 17.3 Å². The Morgan fingerprint density at radius 3 is 2.53 bits per heavy atom. The van der Waals surface area contributed by atoms with E-state index in [9.17, 15) is 14.7 Å². The minimum atomic E-state index is -0.967. The number of aromatic nitrogens is 1. The van der Waals surface area contributed by atoms with E-state index in [1.807, 2.05) is 41.2 Å². The minimum absolute atomic E-state index is 0.0535. The lowest BCUT2D eigenvalue weighted by Crippen LogP contribution is -2.54.